The first-order valence-electron chi connectivity index (χ1n) is 6.31. The number of hydrogen-bond donors (Lipinski definition) is 0. The van der Waals surface area contributed by atoms with Crippen LogP contribution in [0.25, 0.3) is 12.2 Å². The lowest BCUT2D eigenvalue weighted by molar-refractivity contribution is 0.394. The standard InChI is InChI=1S/C17H18O3/c1-18-15-10-13(11-16(12-15)19-2)8-9-14-6-4-5-7-17(14)20-3/h4-12H,1-3H3/b9-8+. The first kappa shape index (κ1) is 14.0. The van der Waals surface area contributed by atoms with Crippen molar-refractivity contribution in [2.75, 3.05) is 21.3 Å². The quantitative estimate of drug-likeness (QED) is 0.772. The van der Waals surface area contributed by atoms with Gasteiger partial charge >= 0.3 is 0 Å². The molecule has 0 bridgehead atoms. The Balaban J connectivity index is 2.31. The molecule has 2 aromatic carbocycles. The topological polar surface area (TPSA) is 27.7 Å². The average molecular weight is 270 g/mol. The molecule has 20 heavy (non-hydrogen) atoms. The first-order chi connectivity index (χ1) is 9.76. The summed E-state index contributed by atoms with van der Waals surface area (Å²) in [5.41, 5.74) is 2.03. The molecule has 0 aliphatic heterocycles. The van der Waals surface area contributed by atoms with Gasteiger partial charge < -0.3 is 14.2 Å². The number of methoxy groups -OCH3 is 3. The minimum absolute atomic E-state index is 0.768. The van der Waals surface area contributed by atoms with Crippen molar-refractivity contribution >= 4 is 12.2 Å². The summed E-state index contributed by atoms with van der Waals surface area (Å²) in [5, 5.41) is 0. The third-order valence-electron chi connectivity index (χ3n) is 2.97. The maximum absolute atomic E-state index is 5.32. The molecule has 0 radical (unpaired) electrons. The second-order valence-corrected chi connectivity index (χ2v) is 4.22. The lowest BCUT2D eigenvalue weighted by Crippen LogP contribution is -1.88. The van der Waals surface area contributed by atoms with Crippen LogP contribution in [0, 0.1) is 0 Å². The Bertz CT molecular complexity index is 581. The minimum atomic E-state index is 0.768. The number of ether oxygens (including phenoxy) is 3. The molecule has 0 N–H and O–H groups in total. The highest BCUT2D eigenvalue weighted by Gasteiger charge is 2.00. The molecule has 0 aliphatic rings. The maximum atomic E-state index is 5.32. The van der Waals surface area contributed by atoms with E-state index in [4.69, 9.17) is 14.2 Å². The van der Waals surface area contributed by atoms with E-state index in [1.165, 1.54) is 0 Å². The highest BCUT2D eigenvalue weighted by atomic mass is 16.5. The zero-order valence-corrected chi connectivity index (χ0v) is 11.9. The molecule has 0 aliphatic carbocycles. The van der Waals surface area contributed by atoms with Gasteiger partial charge in [0.05, 0.1) is 21.3 Å². The van der Waals surface area contributed by atoms with Gasteiger partial charge in [0.15, 0.2) is 0 Å². The van der Waals surface area contributed by atoms with Crippen LogP contribution in [0.2, 0.25) is 0 Å². The van der Waals surface area contributed by atoms with E-state index in [9.17, 15) is 0 Å². The van der Waals surface area contributed by atoms with Gasteiger partial charge in [0.2, 0.25) is 0 Å². The van der Waals surface area contributed by atoms with Crippen molar-refractivity contribution in [1.29, 1.82) is 0 Å². The molecule has 104 valence electrons. The Morgan fingerprint density at radius 2 is 1.40 bits per heavy atom. The third-order valence-corrected chi connectivity index (χ3v) is 2.97. The molecule has 0 fully saturated rings. The van der Waals surface area contributed by atoms with E-state index in [2.05, 4.69) is 0 Å². The lowest BCUT2D eigenvalue weighted by atomic mass is 10.1. The number of hydrogen-bond acceptors (Lipinski definition) is 3. The Hall–Kier alpha value is -2.42. The van der Waals surface area contributed by atoms with Crippen LogP contribution in [0.15, 0.2) is 42.5 Å². The second kappa shape index (κ2) is 6.66. The van der Waals surface area contributed by atoms with Gasteiger partial charge in [-0.1, -0.05) is 30.4 Å². The fourth-order valence-electron chi connectivity index (χ4n) is 1.92. The second-order valence-electron chi connectivity index (χ2n) is 4.22. The SMILES string of the molecule is COc1cc(/C=C/c2ccccc2OC)cc(OC)c1. The lowest BCUT2D eigenvalue weighted by Gasteiger charge is -2.06. The van der Waals surface area contributed by atoms with Crippen molar-refractivity contribution in [2.45, 2.75) is 0 Å². The van der Waals surface area contributed by atoms with E-state index >= 15 is 0 Å². The summed E-state index contributed by atoms with van der Waals surface area (Å²) in [6.07, 6.45) is 4.01. The van der Waals surface area contributed by atoms with Gasteiger partial charge in [0.1, 0.15) is 17.2 Å². The molecule has 2 rings (SSSR count). The number of para-hydroxylation sites is 1. The Kier molecular flexibility index (Phi) is 4.66. The molecule has 3 heteroatoms. The summed E-state index contributed by atoms with van der Waals surface area (Å²) < 4.78 is 15.8. The summed E-state index contributed by atoms with van der Waals surface area (Å²) in [5.74, 6) is 2.38. The van der Waals surface area contributed by atoms with Gasteiger partial charge in [0, 0.05) is 11.6 Å². The van der Waals surface area contributed by atoms with Crippen LogP contribution in [0.3, 0.4) is 0 Å². The predicted molar refractivity (Wildman–Crippen MR) is 81.5 cm³/mol. The van der Waals surface area contributed by atoms with Gasteiger partial charge in [-0.25, -0.2) is 0 Å². The van der Waals surface area contributed by atoms with Crippen molar-refractivity contribution in [1.82, 2.24) is 0 Å². The van der Waals surface area contributed by atoms with Gasteiger partial charge in [-0.15, -0.1) is 0 Å². The zero-order valence-electron chi connectivity index (χ0n) is 11.9. The maximum Gasteiger partial charge on any atom is 0.126 e. The van der Waals surface area contributed by atoms with Crippen LogP contribution in [0.5, 0.6) is 17.2 Å². The molecule has 0 aromatic heterocycles. The van der Waals surface area contributed by atoms with Crippen LogP contribution in [-0.2, 0) is 0 Å². The van der Waals surface area contributed by atoms with E-state index in [1.54, 1.807) is 21.3 Å². The van der Waals surface area contributed by atoms with Crippen LogP contribution in [0.1, 0.15) is 11.1 Å². The van der Waals surface area contributed by atoms with E-state index in [-0.39, 0.29) is 0 Å². The zero-order chi connectivity index (χ0) is 14.4. The summed E-state index contributed by atoms with van der Waals surface area (Å²) >= 11 is 0. The molecule has 3 nitrogen and oxygen atoms in total. The molecule has 0 spiro atoms. The monoisotopic (exact) mass is 270 g/mol. The summed E-state index contributed by atoms with van der Waals surface area (Å²) in [4.78, 5) is 0. The predicted octanol–water partition coefficient (Wildman–Crippen LogP) is 3.88. The van der Waals surface area contributed by atoms with Crippen LogP contribution in [-0.4, -0.2) is 21.3 Å². The van der Waals surface area contributed by atoms with E-state index in [1.807, 2.05) is 54.6 Å². The van der Waals surface area contributed by atoms with E-state index in [0.29, 0.717) is 0 Å². The van der Waals surface area contributed by atoms with Gasteiger partial charge in [-0.2, -0.15) is 0 Å². The summed E-state index contributed by atoms with van der Waals surface area (Å²) in [7, 11) is 4.95. The molecule has 0 saturated carbocycles. The third kappa shape index (κ3) is 3.32. The molecule has 0 heterocycles. The first-order valence-corrected chi connectivity index (χ1v) is 6.31. The van der Waals surface area contributed by atoms with Gasteiger partial charge in [0.25, 0.3) is 0 Å². The van der Waals surface area contributed by atoms with Crippen molar-refractivity contribution in [3.63, 3.8) is 0 Å². The van der Waals surface area contributed by atoms with E-state index < -0.39 is 0 Å². The molecule has 2 aromatic rings. The molecule has 0 unspecified atom stereocenters. The van der Waals surface area contributed by atoms with Crippen molar-refractivity contribution in [3.8, 4) is 17.2 Å². The molecule has 0 saturated heterocycles. The average Bonchev–Trinajstić information content (AvgIpc) is 2.52. The fraction of sp³-hybridized carbons (Fsp3) is 0.176. The summed E-state index contributed by atoms with van der Waals surface area (Å²) in [6.45, 7) is 0. The van der Waals surface area contributed by atoms with Crippen molar-refractivity contribution < 1.29 is 14.2 Å². The van der Waals surface area contributed by atoms with Crippen molar-refractivity contribution in [3.05, 3.63) is 53.6 Å². The van der Waals surface area contributed by atoms with Crippen molar-refractivity contribution in [2.24, 2.45) is 0 Å². The highest BCUT2D eigenvalue weighted by molar-refractivity contribution is 5.73. The number of benzene rings is 2. The van der Waals surface area contributed by atoms with Crippen LogP contribution >= 0.6 is 0 Å². The summed E-state index contributed by atoms with van der Waals surface area (Å²) in [6, 6.07) is 13.6. The van der Waals surface area contributed by atoms with Gasteiger partial charge in [-0.05, 0) is 23.8 Å². The molecular formula is C17H18O3. The van der Waals surface area contributed by atoms with E-state index in [0.717, 1.165) is 28.4 Å². The highest BCUT2D eigenvalue weighted by Crippen LogP contribution is 2.25. The molecule has 0 amide bonds. The van der Waals surface area contributed by atoms with Crippen LogP contribution in [0.4, 0.5) is 0 Å². The largest absolute Gasteiger partial charge is 0.497 e. The fourth-order valence-corrected chi connectivity index (χ4v) is 1.92. The van der Waals surface area contributed by atoms with Crippen LogP contribution < -0.4 is 14.2 Å². The molecule has 0 atom stereocenters. The Labute approximate surface area is 119 Å². The Morgan fingerprint density at radius 3 is 2.00 bits per heavy atom. The normalized spacial score (nSPS) is 10.6. The Morgan fingerprint density at radius 1 is 0.750 bits per heavy atom. The van der Waals surface area contributed by atoms with Gasteiger partial charge in [-0.3, -0.25) is 0 Å². The number of rotatable bonds is 5. The smallest absolute Gasteiger partial charge is 0.126 e. The minimum Gasteiger partial charge on any atom is -0.497 e. The molecular weight excluding hydrogens is 252 g/mol.